The van der Waals surface area contributed by atoms with E-state index < -0.39 is 5.60 Å². The summed E-state index contributed by atoms with van der Waals surface area (Å²) in [4.78, 5) is 16.6. The molecule has 5 nitrogen and oxygen atoms in total. The molecule has 0 radical (unpaired) electrons. The standard InChI is InChI=1S/C17H33N3O2/c1-13-10-18-11-14(2)20(13)12-15-6-8-19(9-7-15)16(21)22-17(3,4)5/h13-15,18H,6-12H2,1-5H3/t13-,14+. The quantitative estimate of drug-likeness (QED) is 0.850. The first kappa shape index (κ1) is 17.5. The van der Waals surface area contributed by atoms with Crippen LogP contribution in [0.4, 0.5) is 4.79 Å². The Hall–Kier alpha value is -0.810. The summed E-state index contributed by atoms with van der Waals surface area (Å²) in [5, 5.41) is 3.48. The molecule has 0 aromatic heterocycles. The molecule has 22 heavy (non-hydrogen) atoms. The van der Waals surface area contributed by atoms with Crippen molar-refractivity contribution >= 4 is 6.09 Å². The minimum Gasteiger partial charge on any atom is -0.444 e. The van der Waals surface area contributed by atoms with E-state index in [1.54, 1.807) is 0 Å². The molecule has 0 aromatic rings. The second-order valence-electron chi connectivity index (χ2n) is 7.96. The van der Waals surface area contributed by atoms with Gasteiger partial charge in [-0.1, -0.05) is 0 Å². The number of ether oxygens (including phenoxy) is 1. The molecule has 2 heterocycles. The Morgan fingerprint density at radius 2 is 1.68 bits per heavy atom. The van der Waals surface area contributed by atoms with Gasteiger partial charge in [0.1, 0.15) is 5.60 Å². The van der Waals surface area contributed by atoms with Crippen LogP contribution in [-0.4, -0.2) is 66.3 Å². The van der Waals surface area contributed by atoms with Crippen molar-refractivity contribution in [2.24, 2.45) is 5.92 Å². The average Bonchev–Trinajstić information content (AvgIpc) is 2.42. The van der Waals surface area contributed by atoms with Crippen LogP contribution in [0.3, 0.4) is 0 Å². The average molecular weight is 311 g/mol. The zero-order chi connectivity index (χ0) is 16.3. The number of piperidine rings is 1. The minimum absolute atomic E-state index is 0.158. The molecule has 0 aromatic carbocycles. The van der Waals surface area contributed by atoms with Crippen LogP contribution in [0.1, 0.15) is 47.5 Å². The molecule has 0 aliphatic carbocycles. The van der Waals surface area contributed by atoms with E-state index in [4.69, 9.17) is 4.74 Å². The summed E-state index contributed by atoms with van der Waals surface area (Å²) < 4.78 is 5.46. The number of carbonyl (C=O) groups excluding carboxylic acids is 1. The molecule has 0 saturated carbocycles. The molecule has 0 spiro atoms. The van der Waals surface area contributed by atoms with Gasteiger partial charge in [0.25, 0.3) is 0 Å². The molecule has 2 saturated heterocycles. The van der Waals surface area contributed by atoms with Gasteiger partial charge in [0.05, 0.1) is 0 Å². The molecule has 128 valence electrons. The van der Waals surface area contributed by atoms with Crippen molar-refractivity contribution < 1.29 is 9.53 Å². The summed E-state index contributed by atoms with van der Waals surface area (Å²) in [5.74, 6) is 0.696. The lowest BCUT2D eigenvalue weighted by molar-refractivity contribution is 0.0140. The highest BCUT2D eigenvalue weighted by Crippen LogP contribution is 2.23. The monoisotopic (exact) mass is 311 g/mol. The topological polar surface area (TPSA) is 44.8 Å². The first-order valence-corrected chi connectivity index (χ1v) is 8.70. The first-order valence-electron chi connectivity index (χ1n) is 8.70. The number of nitrogens with zero attached hydrogens (tertiary/aromatic N) is 2. The Balaban J connectivity index is 1.78. The molecule has 2 rings (SSSR count). The fourth-order valence-corrected chi connectivity index (χ4v) is 3.45. The number of amides is 1. The number of hydrogen-bond acceptors (Lipinski definition) is 4. The second kappa shape index (κ2) is 7.18. The van der Waals surface area contributed by atoms with Gasteiger partial charge in [0, 0.05) is 44.8 Å². The Labute approximate surface area is 135 Å². The summed E-state index contributed by atoms with van der Waals surface area (Å²) in [6, 6.07) is 1.21. The molecule has 2 atom stereocenters. The van der Waals surface area contributed by atoms with Crippen molar-refractivity contribution in [1.29, 1.82) is 0 Å². The second-order valence-corrected chi connectivity index (χ2v) is 7.96. The van der Waals surface area contributed by atoms with E-state index in [1.165, 1.54) is 0 Å². The summed E-state index contributed by atoms with van der Waals surface area (Å²) >= 11 is 0. The lowest BCUT2D eigenvalue weighted by atomic mass is 9.94. The molecule has 5 heteroatoms. The molecular formula is C17H33N3O2. The van der Waals surface area contributed by atoms with Crippen LogP contribution in [0, 0.1) is 5.92 Å². The summed E-state index contributed by atoms with van der Waals surface area (Å²) in [6.07, 6.45) is 2.01. The fraction of sp³-hybridized carbons (Fsp3) is 0.941. The summed E-state index contributed by atoms with van der Waals surface area (Å²) in [7, 11) is 0. The SMILES string of the molecule is C[C@@H]1CNC[C@H](C)N1CC1CCN(C(=O)OC(C)(C)C)CC1. The van der Waals surface area contributed by atoms with E-state index >= 15 is 0 Å². The predicted octanol–water partition coefficient (Wildman–Crippen LogP) is 2.32. The normalized spacial score (nSPS) is 28.7. The van der Waals surface area contributed by atoms with Crippen molar-refractivity contribution in [2.75, 3.05) is 32.7 Å². The predicted molar refractivity (Wildman–Crippen MR) is 89.0 cm³/mol. The molecular weight excluding hydrogens is 278 g/mol. The van der Waals surface area contributed by atoms with Gasteiger partial charge in [-0.3, -0.25) is 4.90 Å². The maximum atomic E-state index is 12.1. The zero-order valence-corrected chi connectivity index (χ0v) is 14.9. The number of nitrogens with one attached hydrogen (secondary N) is 1. The van der Waals surface area contributed by atoms with E-state index in [1.807, 2.05) is 25.7 Å². The fourth-order valence-electron chi connectivity index (χ4n) is 3.45. The zero-order valence-electron chi connectivity index (χ0n) is 14.9. The Kier molecular flexibility index (Phi) is 5.72. The van der Waals surface area contributed by atoms with Crippen molar-refractivity contribution in [3.8, 4) is 0 Å². The lowest BCUT2D eigenvalue weighted by Gasteiger charge is -2.43. The molecule has 2 aliphatic heterocycles. The first-order chi connectivity index (χ1) is 10.3. The van der Waals surface area contributed by atoms with Gasteiger partial charge >= 0.3 is 6.09 Å². The van der Waals surface area contributed by atoms with E-state index in [0.717, 1.165) is 45.6 Å². The van der Waals surface area contributed by atoms with Crippen LogP contribution >= 0.6 is 0 Å². The van der Waals surface area contributed by atoms with Gasteiger partial charge in [0.2, 0.25) is 0 Å². The van der Waals surface area contributed by atoms with E-state index in [0.29, 0.717) is 18.0 Å². The van der Waals surface area contributed by atoms with E-state index in [9.17, 15) is 4.79 Å². The number of likely N-dealkylation sites (tertiary alicyclic amines) is 1. The Bertz CT molecular complexity index is 363. The van der Waals surface area contributed by atoms with Gasteiger partial charge in [-0.05, 0) is 53.4 Å². The number of hydrogen-bond donors (Lipinski definition) is 1. The Morgan fingerprint density at radius 3 is 2.18 bits per heavy atom. The Morgan fingerprint density at radius 1 is 1.14 bits per heavy atom. The van der Waals surface area contributed by atoms with Gasteiger partial charge in [-0.15, -0.1) is 0 Å². The van der Waals surface area contributed by atoms with Crippen molar-refractivity contribution in [3.63, 3.8) is 0 Å². The summed E-state index contributed by atoms with van der Waals surface area (Å²) in [5.41, 5.74) is -0.403. The van der Waals surface area contributed by atoms with Crippen LogP contribution < -0.4 is 5.32 Å². The highest BCUT2D eigenvalue weighted by molar-refractivity contribution is 5.68. The number of rotatable bonds is 2. The third-order valence-electron chi connectivity index (χ3n) is 4.75. The molecule has 0 bridgehead atoms. The third-order valence-corrected chi connectivity index (χ3v) is 4.75. The highest BCUT2D eigenvalue weighted by Gasteiger charge is 2.31. The number of carbonyl (C=O) groups is 1. The van der Waals surface area contributed by atoms with E-state index in [-0.39, 0.29) is 6.09 Å². The maximum absolute atomic E-state index is 12.1. The molecule has 2 aliphatic rings. The lowest BCUT2D eigenvalue weighted by Crippen LogP contribution is -2.56. The number of piperazine rings is 1. The third kappa shape index (κ3) is 4.85. The smallest absolute Gasteiger partial charge is 0.410 e. The highest BCUT2D eigenvalue weighted by atomic mass is 16.6. The van der Waals surface area contributed by atoms with Crippen LogP contribution in [-0.2, 0) is 4.74 Å². The van der Waals surface area contributed by atoms with Gasteiger partial charge in [-0.2, -0.15) is 0 Å². The molecule has 0 unspecified atom stereocenters. The maximum Gasteiger partial charge on any atom is 0.410 e. The minimum atomic E-state index is -0.403. The van der Waals surface area contributed by atoms with Crippen LogP contribution in [0.2, 0.25) is 0 Å². The van der Waals surface area contributed by atoms with Crippen LogP contribution in [0.25, 0.3) is 0 Å². The van der Waals surface area contributed by atoms with Crippen molar-refractivity contribution in [3.05, 3.63) is 0 Å². The van der Waals surface area contributed by atoms with Crippen molar-refractivity contribution in [1.82, 2.24) is 15.1 Å². The molecule has 2 fully saturated rings. The molecule has 1 amide bonds. The van der Waals surface area contributed by atoms with Crippen LogP contribution in [0.5, 0.6) is 0 Å². The van der Waals surface area contributed by atoms with Gasteiger partial charge in [-0.25, -0.2) is 4.79 Å². The van der Waals surface area contributed by atoms with E-state index in [2.05, 4.69) is 24.1 Å². The summed E-state index contributed by atoms with van der Waals surface area (Å²) in [6.45, 7) is 15.4. The van der Waals surface area contributed by atoms with Gasteiger partial charge < -0.3 is 15.0 Å². The molecule has 1 N–H and O–H groups in total. The van der Waals surface area contributed by atoms with Gasteiger partial charge in [0.15, 0.2) is 0 Å². The largest absolute Gasteiger partial charge is 0.444 e. The van der Waals surface area contributed by atoms with Crippen LogP contribution in [0.15, 0.2) is 0 Å². The van der Waals surface area contributed by atoms with Crippen molar-refractivity contribution in [2.45, 2.75) is 65.1 Å².